The Bertz CT molecular complexity index is 1190. The van der Waals surface area contributed by atoms with E-state index >= 15 is 0 Å². The summed E-state index contributed by atoms with van der Waals surface area (Å²) in [5.74, 6) is 0.327. The summed E-state index contributed by atoms with van der Waals surface area (Å²) < 4.78 is 33.8. The molecule has 3 aromatic rings. The predicted octanol–water partition coefficient (Wildman–Crippen LogP) is 5.06. The third kappa shape index (κ3) is 7.50. The van der Waals surface area contributed by atoms with Crippen LogP contribution in [0.3, 0.4) is 0 Å². The van der Waals surface area contributed by atoms with Crippen LogP contribution in [0.15, 0.2) is 82.6 Å². The molecule has 0 aromatic heterocycles. The van der Waals surface area contributed by atoms with Crippen LogP contribution in [0.4, 0.5) is 5.69 Å². The number of carbonyl (C=O) groups is 1. The molecule has 0 spiro atoms. The van der Waals surface area contributed by atoms with Gasteiger partial charge in [0.1, 0.15) is 18.9 Å². The summed E-state index contributed by atoms with van der Waals surface area (Å²) in [5.41, 5.74) is 2.69. The average Bonchev–Trinajstić information content (AvgIpc) is 2.87. The number of benzene rings is 3. The number of nitrogens with one attached hydrogen (secondary N) is 1. The highest BCUT2D eigenvalue weighted by Gasteiger charge is 2.27. The minimum Gasteiger partial charge on any atom is -0.492 e. The Balaban J connectivity index is 1.65. The Hall–Kier alpha value is -2.97. The SMILES string of the molecule is CCCc1ccc(OCCNC(=O)CN(c2ccc(C)cc2)S(=O)(=O)c2ccc(SC)cc2)cc1. The molecular weight excluding hydrogens is 480 g/mol. The number of thioether (sulfide) groups is 1. The quantitative estimate of drug-likeness (QED) is 0.271. The van der Waals surface area contributed by atoms with Crippen molar-refractivity contribution in [3.05, 3.63) is 83.9 Å². The number of amides is 1. The molecule has 3 aromatic carbocycles. The second kappa shape index (κ2) is 12.7. The summed E-state index contributed by atoms with van der Waals surface area (Å²) in [7, 11) is -3.94. The van der Waals surface area contributed by atoms with E-state index < -0.39 is 15.9 Å². The molecule has 0 saturated heterocycles. The van der Waals surface area contributed by atoms with Crippen LogP contribution < -0.4 is 14.4 Å². The van der Waals surface area contributed by atoms with Gasteiger partial charge in [-0.1, -0.05) is 43.2 Å². The number of rotatable bonds is 12. The van der Waals surface area contributed by atoms with E-state index in [2.05, 4.69) is 12.2 Å². The van der Waals surface area contributed by atoms with Crippen molar-refractivity contribution in [3.63, 3.8) is 0 Å². The van der Waals surface area contributed by atoms with Gasteiger partial charge in [0, 0.05) is 4.90 Å². The summed E-state index contributed by atoms with van der Waals surface area (Å²) in [6, 6.07) is 21.6. The molecule has 3 rings (SSSR count). The molecule has 0 bridgehead atoms. The monoisotopic (exact) mass is 512 g/mol. The maximum Gasteiger partial charge on any atom is 0.264 e. The Labute approximate surface area is 212 Å². The standard InChI is InChI=1S/C27H32N2O4S2/c1-4-5-22-8-12-24(13-9-22)33-19-18-28-27(30)20-29(23-10-6-21(2)7-11-23)35(31,32)26-16-14-25(34-3)15-17-26/h6-17H,4-5,18-20H2,1-3H3,(H,28,30). The van der Waals surface area contributed by atoms with Crippen LogP contribution in [-0.4, -0.2) is 40.3 Å². The zero-order valence-corrected chi connectivity index (χ0v) is 22.0. The third-order valence-corrected chi connectivity index (χ3v) is 7.94. The molecule has 6 nitrogen and oxygen atoms in total. The summed E-state index contributed by atoms with van der Waals surface area (Å²) in [5, 5.41) is 2.76. The first-order valence-corrected chi connectivity index (χ1v) is 14.2. The highest BCUT2D eigenvalue weighted by atomic mass is 32.2. The molecule has 0 aliphatic carbocycles. The van der Waals surface area contributed by atoms with Gasteiger partial charge >= 0.3 is 0 Å². The molecular formula is C27H32N2O4S2. The lowest BCUT2D eigenvalue weighted by Crippen LogP contribution is -2.41. The fraction of sp³-hybridized carbons (Fsp3) is 0.296. The molecule has 0 heterocycles. The van der Waals surface area contributed by atoms with Gasteiger partial charge in [-0.2, -0.15) is 0 Å². The second-order valence-electron chi connectivity index (χ2n) is 8.12. The number of anilines is 1. The van der Waals surface area contributed by atoms with Crippen molar-refractivity contribution in [2.75, 3.05) is 30.3 Å². The third-order valence-electron chi connectivity index (χ3n) is 5.41. The lowest BCUT2D eigenvalue weighted by Gasteiger charge is -2.24. The lowest BCUT2D eigenvalue weighted by molar-refractivity contribution is -0.119. The van der Waals surface area contributed by atoms with E-state index in [1.807, 2.05) is 49.6 Å². The predicted molar refractivity (Wildman–Crippen MR) is 143 cm³/mol. The minimum atomic E-state index is -3.94. The van der Waals surface area contributed by atoms with Crippen LogP contribution in [-0.2, 0) is 21.2 Å². The lowest BCUT2D eigenvalue weighted by atomic mass is 10.1. The van der Waals surface area contributed by atoms with Crippen LogP contribution in [0.1, 0.15) is 24.5 Å². The minimum absolute atomic E-state index is 0.138. The summed E-state index contributed by atoms with van der Waals surface area (Å²) in [6.45, 7) is 4.28. The first-order chi connectivity index (χ1) is 16.8. The van der Waals surface area contributed by atoms with Crippen molar-refractivity contribution >= 4 is 33.4 Å². The van der Waals surface area contributed by atoms with Gasteiger partial charge in [-0.25, -0.2) is 8.42 Å². The van der Waals surface area contributed by atoms with Crippen LogP contribution in [0.25, 0.3) is 0 Å². The molecule has 35 heavy (non-hydrogen) atoms. The molecule has 1 amide bonds. The zero-order valence-electron chi connectivity index (χ0n) is 20.4. The van der Waals surface area contributed by atoms with Gasteiger partial charge in [0.15, 0.2) is 0 Å². The normalized spacial score (nSPS) is 11.2. The van der Waals surface area contributed by atoms with E-state index in [1.54, 1.807) is 36.4 Å². The van der Waals surface area contributed by atoms with Crippen molar-refractivity contribution in [1.29, 1.82) is 0 Å². The van der Waals surface area contributed by atoms with Crippen molar-refractivity contribution in [2.45, 2.75) is 36.5 Å². The van der Waals surface area contributed by atoms with Gasteiger partial charge in [-0.3, -0.25) is 9.10 Å². The molecule has 0 atom stereocenters. The molecule has 1 N–H and O–H groups in total. The number of sulfonamides is 1. The van der Waals surface area contributed by atoms with Crippen LogP contribution in [0, 0.1) is 6.92 Å². The number of carbonyl (C=O) groups excluding carboxylic acids is 1. The molecule has 0 radical (unpaired) electrons. The van der Waals surface area contributed by atoms with E-state index in [1.165, 1.54) is 17.3 Å². The number of aryl methyl sites for hydroxylation is 2. The molecule has 186 valence electrons. The van der Waals surface area contributed by atoms with E-state index in [0.717, 1.165) is 33.4 Å². The molecule has 0 aliphatic rings. The van der Waals surface area contributed by atoms with Gasteiger partial charge in [0.2, 0.25) is 5.91 Å². The van der Waals surface area contributed by atoms with Gasteiger partial charge in [0.05, 0.1) is 17.1 Å². The van der Waals surface area contributed by atoms with Gasteiger partial charge < -0.3 is 10.1 Å². The molecule has 8 heteroatoms. The Morgan fingerprint density at radius 2 is 1.63 bits per heavy atom. The molecule has 0 fully saturated rings. The Kier molecular flexibility index (Phi) is 9.63. The summed E-state index contributed by atoms with van der Waals surface area (Å²) in [6.07, 6.45) is 4.04. The molecule has 0 unspecified atom stereocenters. The number of hydrogen-bond acceptors (Lipinski definition) is 5. The van der Waals surface area contributed by atoms with E-state index in [9.17, 15) is 13.2 Å². The van der Waals surface area contributed by atoms with Crippen molar-refractivity contribution in [3.8, 4) is 5.75 Å². The fourth-order valence-electron chi connectivity index (χ4n) is 3.49. The van der Waals surface area contributed by atoms with Crippen LogP contribution in [0.5, 0.6) is 5.75 Å². The zero-order chi connectivity index (χ0) is 25.3. The van der Waals surface area contributed by atoms with Crippen LogP contribution in [0.2, 0.25) is 0 Å². The van der Waals surface area contributed by atoms with Gasteiger partial charge in [-0.05, 0) is 73.7 Å². The maximum atomic E-state index is 13.5. The summed E-state index contributed by atoms with van der Waals surface area (Å²) in [4.78, 5) is 13.8. The Morgan fingerprint density at radius 3 is 2.23 bits per heavy atom. The Morgan fingerprint density at radius 1 is 0.971 bits per heavy atom. The fourth-order valence-corrected chi connectivity index (χ4v) is 5.32. The van der Waals surface area contributed by atoms with E-state index in [4.69, 9.17) is 4.74 Å². The van der Waals surface area contributed by atoms with Gasteiger partial charge in [-0.15, -0.1) is 11.8 Å². The largest absolute Gasteiger partial charge is 0.492 e. The van der Waals surface area contributed by atoms with Crippen molar-refractivity contribution in [1.82, 2.24) is 5.32 Å². The first kappa shape index (κ1) is 26.6. The number of nitrogens with zero attached hydrogens (tertiary/aromatic N) is 1. The number of hydrogen-bond donors (Lipinski definition) is 1. The maximum absolute atomic E-state index is 13.5. The highest BCUT2D eigenvalue weighted by Crippen LogP contribution is 2.25. The molecule has 0 aliphatic heterocycles. The van der Waals surface area contributed by atoms with Crippen molar-refractivity contribution < 1.29 is 17.9 Å². The highest BCUT2D eigenvalue weighted by molar-refractivity contribution is 7.98. The topological polar surface area (TPSA) is 75.7 Å². The van der Waals surface area contributed by atoms with Crippen molar-refractivity contribution in [2.24, 2.45) is 0 Å². The van der Waals surface area contributed by atoms with Gasteiger partial charge in [0.25, 0.3) is 10.0 Å². The van der Waals surface area contributed by atoms with Crippen LogP contribution >= 0.6 is 11.8 Å². The second-order valence-corrected chi connectivity index (χ2v) is 10.9. The first-order valence-electron chi connectivity index (χ1n) is 11.6. The summed E-state index contributed by atoms with van der Waals surface area (Å²) >= 11 is 1.53. The molecule has 0 saturated carbocycles. The number of ether oxygens (including phenoxy) is 1. The average molecular weight is 513 g/mol. The smallest absolute Gasteiger partial charge is 0.264 e. The van der Waals surface area contributed by atoms with E-state index in [0.29, 0.717) is 5.69 Å². The van der Waals surface area contributed by atoms with E-state index in [-0.39, 0.29) is 24.6 Å².